The zero-order chi connectivity index (χ0) is 18.1. The molecule has 4 rings (SSSR count). The van der Waals surface area contributed by atoms with Crippen LogP contribution in [0.2, 0.25) is 0 Å². The van der Waals surface area contributed by atoms with Gasteiger partial charge in [0.2, 0.25) is 0 Å². The lowest BCUT2D eigenvalue weighted by Crippen LogP contribution is -2.47. The minimum atomic E-state index is -0.171. The predicted octanol–water partition coefficient (Wildman–Crippen LogP) is 4.88. The molecule has 0 radical (unpaired) electrons. The van der Waals surface area contributed by atoms with Crippen LogP contribution in [-0.2, 0) is 0 Å². The van der Waals surface area contributed by atoms with Crippen LogP contribution < -0.4 is 0 Å². The van der Waals surface area contributed by atoms with E-state index in [0.29, 0.717) is 12.1 Å². The van der Waals surface area contributed by atoms with Gasteiger partial charge in [0.15, 0.2) is 0 Å². The number of hydrogen-bond donors (Lipinski definition) is 0. The number of halogens is 1. The third-order valence-electron chi connectivity index (χ3n) is 5.46. The molecule has 0 spiro atoms. The predicted molar refractivity (Wildman–Crippen MR) is 106 cm³/mol. The molecule has 1 fully saturated rings. The Kier molecular flexibility index (Phi) is 5.02. The van der Waals surface area contributed by atoms with Crippen molar-refractivity contribution in [2.45, 2.75) is 25.9 Å². The molecule has 2 aromatic carbocycles. The first-order valence-corrected chi connectivity index (χ1v) is 10.0. The average Bonchev–Trinajstić information content (AvgIpc) is 3.12. The molecule has 0 aliphatic carbocycles. The second kappa shape index (κ2) is 7.43. The lowest BCUT2D eigenvalue weighted by atomic mass is 10.1. The number of benzene rings is 2. The van der Waals surface area contributed by atoms with Crippen LogP contribution >= 0.6 is 11.3 Å². The molecule has 2 atom stereocenters. The van der Waals surface area contributed by atoms with E-state index in [-0.39, 0.29) is 5.82 Å². The van der Waals surface area contributed by atoms with Crippen LogP contribution in [0.25, 0.3) is 10.2 Å². The van der Waals surface area contributed by atoms with Crippen LogP contribution in [0, 0.1) is 5.82 Å². The Morgan fingerprint density at radius 3 is 2.15 bits per heavy atom. The number of para-hydroxylation sites is 1. The fourth-order valence-corrected chi connectivity index (χ4v) is 4.74. The maximum absolute atomic E-state index is 13.1. The SMILES string of the molecule is C[C@H](c1ccc(F)cc1)N1CCN([C@@H](C)c2nc3ccccc3s2)CC1. The van der Waals surface area contributed by atoms with Gasteiger partial charge in [-0.25, -0.2) is 9.37 Å². The maximum Gasteiger partial charge on any atom is 0.123 e. The molecule has 3 aromatic rings. The number of piperazine rings is 1. The van der Waals surface area contributed by atoms with Crippen molar-refractivity contribution in [1.82, 2.24) is 14.8 Å². The van der Waals surface area contributed by atoms with Gasteiger partial charge in [0.1, 0.15) is 10.8 Å². The topological polar surface area (TPSA) is 19.4 Å². The van der Waals surface area contributed by atoms with Gasteiger partial charge in [-0.05, 0) is 43.7 Å². The van der Waals surface area contributed by atoms with Crippen LogP contribution in [0.3, 0.4) is 0 Å². The second-order valence-corrected chi connectivity index (χ2v) is 8.06. The molecule has 3 nitrogen and oxygen atoms in total. The quantitative estimate of drug-likeness (QED) is 0.654. The average molecular weight is 370 g/mol. The molecule has 136 valence electrons. The second-order valence-electron chi connectivity index (χ2n) is 7.00. The molecule has 0 N–H and O–H groups in total. The summed E-state index contributed by atoms with van der Waals surface area (Å²) >= 11 is 1.80. The van der Waals surface area contributed by atoms with E-state index in [4.69, 9.17) is 4.98 Å². The molecule has 1 aliphatic heterocycles. The largest absolute Gasteiger partial charge is 0.294 e. The van der Waals surface area contributed by atoms with E-state index in [1.165, 1.54) is 15.3 Å². The lowest BCUT2D eigenvalue weighted by molar-refractivity contribution is 0.0782. The molecule has 26 heavy (non-hydrogen) atoms. The molecule has 0 bridgehead atoms. The highest BCUT2D eigenvalue weighted by Gasteiger charge is 2.26. The van der Waals surface area contributed by atoms with Gasteiger partial charge in [-0.15, -0.1) is 11.3 Å². The van der Waals surface area contributed by atoms with Crippen molar-refractivity contribution < 1.29 is 4.39 Å². The smallest absolute Gasteiger partial charge is 0.123 e. The fourth-order valence-electron chi connectivity index (χ4n) is 3.69. The van der Waals surface area contributed by atoms with E-state index >= 15 is 0 Å². The Balaban J connectivity index is 1.40. The van der Waals surface area contributed by atoms with Gasteiger partial charge in [-0.3, -0.25) is 9.80 Å². The van der Waals surface area contributed by atoms with Crippen molar-refractivity contribution in [1.29, 1.82) is 0 Å². The Bertz CT molecular complexity index is 835. The summed E-state index contributed by atoms with van der Waals surface area (Å²) in [5, 5.41) is 1.20. The van der Waals surface area contributed by atoms with Gasteiger partial charge in [0.05, 0.1) is 16.3 Å². The molecular formula is C21H24FN3S. The summed E-state index contributed by atoms with van der Waals surface area (Å²) in [5.41, 5.74) is 2.28. The van der Waals surface area contributed by atoms with Crippen LogP contribution in [0.4, 0.5) is 4.39 Å². The molecule has 1 saturated heterocycles. The Labute approximate surface area is 158 Å². The molecule has 0 amide bonds. The fraction of sp³-hybridized carbons (Fsp3) is 0.381. The normalized spacial score (nSPS) is 18.9. The van der Waals surface area contributed by atoms with Crippen molar-refractivity contribution in [3.8, 4) is 0 Å². The molecular weight excluding hydrogens is 345 g/mol. The van der Waals surface area contributed by atoms with Gasteiger partial charge >= 0.3 is 0 Å². The van der Waals surface area contributed by atoms with Crippen molar-refractivity contribution in [3.05, 3.63) is 64.9 Å². The van der Waals surface area contributed by atoms with E-state index in [9.17, 15) is 4.39 Å². The Morgan fingerprint density at radius 1 is 0.885 bits per heavy atom. The third kappa shape index (κ3) is 3.52. The summed E-state index contributed by atoms with van der Waals surface area (Å²) in [6.07, 6.45) is 0. The van der Waals surface area contributed by atoms with E-state index in [1.807, 2.05) is 18.2 Å². The van der Waals surface area contributed by atoms with E-state index < -0.39 is 0 Å². The van der Waals surface area contributed by atoms with Crippen LogP contribution in [-0.4, -0.2) is 41.0 Å². The molecule has 1 aliphatic rings. The molecule has 5 heteroatoms. The first kappa shape index (κ1) is 17.6. The van der Waals surface area contributed by atoms with Crippen LogP contribution in [0.5, 0.6) is 0 Å². The molecule has 0 unspecified atom stereocenters. The molecule has 0 saturated carbocycles. The van der Waals surface area contributed by atoms with Gasteiger partial charge in [0.25, 0.3) is 0 Å². The minimum Gasteiger partial charge on any atom is -0.294 e. The number of hydrogen-bond acceptors (Lipinski definition) is 4. The Hall–Kier alpha value is -1.82. The molecule has 1 aromatic heterocycles. The first-order chi connectivity index (χ1) is 12.6. The van der Waals surface area contributed by atoms with E-state index in [0.717, 1.165) is 31.7 Å². The maximum atomic E-state index is 13.1. The zero-order valence-electron chi connectivity index (χ0n) is 15.2. The zero-order valence-corrected chi connectivity index (χ0v) is 16.0. The van der Waals surface area contributed by atoms with Gasteiger partial charge in [-0.2, -0.15) is 0 Å². The van der Waals surface area contributed by atoms with Crippen molar-refractivity contribution in [3.63, 3.8) is 0 Å². The third-order valence-corrected chi connectivity index (χ3v) is 6.67. The number of nitrogens with zero attached hydrogens (tertiary/aromatic N) is 3. The van der Waals surface area contributed by atoms with Crippen LogP contribution in [0.15, 0.2) is 48.5 Å². The van der Waals surface area contributed by atoms with Crippen molar-refractivity contribution >= 4 is 21.6 Å². The summed E-state index contributed by atoms with van der Waals surface area (Å²) in [6, 6.07) is 15.9. The highest BCUT2D eigenvalue weighted by Crippen LogP contribution is 2.31. The highest BCUT2D eigenvalue weighted by atomic mass is 32.1. The van der Waals surface area contributed by atoms with E-state index in [2.05, 4.69) is 41.8 Å². The summed E-state index contributed by atoms with van der Waals surface area (Å²) in [6.45, 7) is 8.57. The van der Waals surface area contributed by atoms with Crippen molar-refractivity contribution in [2.75, 3.05) is 26.2 Å². The van der Waals surface area contributed by atoms with Crippen molar-refractivity contribution in [2.24, 2.45) is 0 Å². The highest BCUT2D eigenvalue weighted by molar-refractivity contribution is 7.18. The minimum absolute atomic E-state index is 0.171. The van der Waals surface area contributed by atoms with Gasteiger partial charge in [-0.1, -0.05) is 24.3 Å². The number of rotatable bonds is 4. The summed E-state index contributed by atoms with van der Waals surface area (Å²) < 4.78 is 14.4. The number of thiazole rings is 1. The standard InChI is InChI=1S/C21H24FN3S/c1-15(17-7-9-18(22)10-8-17)24-11-13-25(14-12-24)16(2)21-23-19-5-3-4-6-20(19)26-21/h3-10,15-16H,11-14H2,1-2H3/t15-,16+/m1/s1. The first-order valence-electron chi connectivity index (χ1n) is 9.21. The van der Waals surface area contributed by atoms with Gasteiger partial charge in [0, 0.05) is 32.2 Å². The molecule has 2 heterocycles. The van der Waals surface area contributed by atoms with E-state index in [1.54, 1.807) is 23.5 Å². The van der Waals surface area contributed by atoms with Gasteiger partial charge < -0.3 is 0 Å². The summed E-state index contributed by atoms with van der Waals surface area (Å²) in [5.74, 6) is -0.171. The van der Waals surface area contributed by atoms with Crippen LogP contribution in [0.1, 0.15) is 36.5 Å². The Morgan fingerprint density at radius 2 is 1.50 bits per heavy atom. The number of aromatic nitrogens is 1. The summed E-state index contributed by atoms with van der Waals surface area (Å²) in [4.78, 5) is 9.83. The lowest BCUT2D eigenvalue weighted by Gasteiger charge is -2.40. The summed E-state index contributed by atoms with van der Waals surface area (Å²) in [7, 11) is 0. The number of fused-ring (bicyclic) bond motifs is 1. The monoisotopic (exact) mass is 369 g/mol.